The molecule has 106 valence electrons. The zero-order valence-corrected chi connectivity index (χ0v) is 11.6. The molecule has 0 unspecified atom stereocenters. The number of hydrogen-bond acceptors (Lipinski definition) is 3. The molecule has 2 N–H and O–H groups in total. The lowest BCUT2D eigenvalue weighted by atomic mass is 10.2. The molecule has 0 amide bonds. The highest BCUT2D eigenvalue weighted by Gasteiger charge is 1.95. The first-order valence-corrected chi connectivity index (χ1v) is 6.94. The Morgan fingerprint density at radius 3 is 2.50 bits per heavy atom. The molecule has 0 atom stereocenters. The SMILES string of the molecule is Nc1cccc(OCCCOCCc2ccccc2)c1. The summed E-state index contributed by atoms with van der Waals surface area (Å²) in [5.41, 5.74) is 7.71. The summed E-state index contributed by atoms with van der Waals surface area (Å²) in [5, 5.41) is 0. The molecule has 0 spiro atoms. The molecule has 2 aromatic carbocycles. The predicted molar refractivity (Wildman–Crippen MR) is 81.9 cm³/mol. The summed E-state index contributed by atoms with van der Waals surface area (Å²) in [6, 6.07) is 17.8. The lowest BCUT2D eigenvalue weighted by molar-refractivity contribution is 0.122. The lowest BCUT2D eigenvalue weighted by Gasteiger charge is -2.07. The van der Waals surface area contributed by atoms with Crippen LogP contribution in [0.25, 0.3) is 0 Å². The van der Waals surface area contributed by atoms with Crippen molar-refractivity contribution in [3.8, 4) is 5.75 Å². The van der Waals surface area contributed by atoms with E-state index >= 15 is 0 Å². The first kappa shape index (κ1) is 14.4. The first-order valence-electron chi connectivity index (χ1n) is 6.94. The van der Waals surface area contributed by atoms with Gasteiger partial charge in [-0.25, -0.2) is 0 Å². The standard InChI is InChI=1S/C17H21NO2/c18-16-8-4-9-17(14-16)20-12-5-11-19-13-10-15-6-2-1-3-7-15/h1-4,6-9,14H,5,10-13,18H2. The largest absolute Gasteiger partial charge is 0.493 e. The Kier molecular flexibility index (Phi) is 5.93. The average Bonchev–Trinajstić information content (AvgIpc) is 2.47. The van der Waals surface area contributed by atoms with Gasteiger partial charge in [0.25, 0.3) is 0 Å². The number of nitrogen functional groups attached to an aromatic ring is 1. The van der Waals surface area contributed by atoms with Crippen molar-refractivity contribution in [2.24, 2.45) is 0 Å². The molecule has 0 saturated carbocycles. The van der Waals surface area contributed by atoms with Crippen LogP contribution in [0.3, 0.4) is 0 Å². The summed E-state index contributed by atoms with van der Waals surface area (Å²) in [6.07, 6.45) is 1.83. The van der Waals surface area contributed by atoms with Gasteiger partial charge in [0.1, 0.15) is 5.75 Å². The molecule has 0 saturated heterocycles. The minimum atomic E-state index is 0.648. The van der Waals surface area contributed by atoms with E-state index in [9.17, 15) is 0 Å². The van der Waals surface area contributed by atoms with Gasteiger partial charge in [-0.05, 0) is 24.1 Å². The monoisotopic (exact) mass is 271 g/mol. The zero-order chi connectivity index (χ0) is 14.0. The van der Waals surface area contributed by atoms with Crippen molar-refractivity contribution in [3.63, 3.8) is 0 Å². The molecule has 3 heteroatoms. The molecule has 0 aliphatic heterocycles. The van der Waals surface area contributed by atoms with Crippen LogP contribution in [0.4, 0.5) is 5.69 Å². The van der Waals surface area contributed by atoms with E-state index in [4.69, 9.17) is 15.2 Å². The molecule has 0 aromatic heterocycles. The fourth-order valence-electron chi connectivity index (χ4n) is 1.89. The number of ether oxygens (including phenoxy) is 2. The first-order chi connectivity index (χ1) is 9.84. The Morgan fingerprint density at radius 2 is 1.70 bits per heavy atom. The second-order valence-electron chi connectivity index (χ2n) is 4.62. The maximum absolute atomic E-state index is 5.68. The fourth-order valence-corrected chi connectivity index (χ4v) is 1.89. The number of rotatable bonds is 8. The van der Waals surface area contributed by atoms with Crippen LogP contribution in [0, 0.1) is 0 Å². The molecule has 0 heterocycles. The Balaban J connectivity index is 1.52. The van der Waals surface area contributed by atoms with Gasteiger partial charge < -0.3 is 15.2 Å². The zero-order valence-electron chi connectivity index (χ0n) is 11.6. The molecule has 0 fully saturated rings. The van der Waals surface area contributed by atoms with Crippen LogP contribution in [0.2, 0.25) is 0 Å². The van der Waals surface area contributed by atoms with E-state index < -0.39 is 0 Å². The highest BCUT2D eigenvalue weighted by molar-refractivity contribution is 5.43. The highest BCUT2D eigenvalue weighted by atomic mass is 16.5. The van der Waals surface area contributed by atoms with Gasteiger partial charge in [-0.1, -0.05) is 36.4 Å². The van der Waals surface area contributed by atoms with Gasteiger partial charge in [-0.15, -0.1) is 0 Å². The van der Waals surface area contributed by atoms with Crippen LogP contribution in [0.5, 0.6) is 5.75 Å². The molecule has 0 radical (unpaired) electrons. The van der Waals surface area contributed by atoms with Crippen molar-refractivity contribution in [2.75, 3.05) is 25.6 Å². The Morgan fingerprint density at radius 1 is 0.850 bits per heavy atom. The maximum Gasteiger partial charge on any atom is 0.121 e. The molecule has 0 aliphatic rings. The van der Waals surface area contributed by atoms with Gasteiger partial charge in [0, 0.05) is 24.8 Å². The van der Waals surface area contributed by atoms with Gasteiger partial charge in [0.05, 0.1) is 13.2 Å². The minimum absolute atomic E-state index is 0.648. The van der Waals surface area contributed by atoms with Gasteiger partial charge in [-0.3, -0.25) is 0 Å². The Hall–Kier alpha value is -2.00. The Labute approximate surface area is 120 Å². The molecule has 2 rings (SSSR count). The van der Waals surface area contributed by atoms with Crippen molar-refractivity contribution >= 4 is 5.69 Å². The van der Waals surface area contributed by atoms with E-state index in [-0.39, 0.29) is 0 Å². The Bertz CT molecular complexity index is 499. The average molecular weight is 271 g/mol. The van der Waals surface area contributed by atoms with Crippen LogP contribution < -0.4 is 10.5 Å². The van der Waals surface area contributed by atoms with Crippen LogP contribution in [0.1, 0.15) is 12.0 Å². The van der Waals surface area contributed by atoms with Crippen molar-refractivity contribution < 1.29 is 9.47 Å². The fraction of sp³-hybridized carbons (Fsp3) is 0.294. The van der Waals surface area contributed by atoms with Gasteiger partial charge in [0.2, 0.25) is 0 Å². The summed E-state index contributed by atoms with van der Waals surface area (Å²) in [7, 11) is 0. The van der Waals surface area contributed by atoms with E-state index in [0.29, 0.717) is 6.61 Å². The van der Waals surface area contributed by atoms with E-state index in [1.54, 1.807) is 0 Å². The molecule has 0 bridgehead atoms. The quantitative estimate of drug-likeness (QED) is 0.592. The van der Waals surface area contributed by atoms with E-state index in [0.717, 1.165) is 37.5 Å². The number of benzene rings is 2. The molecule has 3 nitrogen and oxygen atoms in total. The summed E-state index contributed by atoms with van der Waals surface area (Å²) >= 11 is 0. The van der Waals surface area contributed by atoms with Crippen LogP contribution >= 0.6 is 0 Å². The number of nitrogens with two attached hydrogens (primary N) is 1. The van der Waals surface area contributed by atoms with Crippen molar-refractivity contribution in [3.05, 3.63) is 60.2 Å². The second-order valence-corrected chi connectivity index (χ2v) is 4.62. The third-order valence-electron chi connectivity index (χ3n) is 2.94. The molecule has 0 aliphatic carbocycles. The normalized spacial score (nSPS) is 10.4. The van der Waals surface area contributed by atoms with Crippen molar-refractivity contribution in [1.29, 1.82) is 0 Å². The molecular weight excluding hydrogens is 250 g/mol. The molecule has 2 aromatic rings. The molecule has 20 heavy (non-hydrogen) atoms. The third kappa shape index (κ3) is 5.33. The number of hydrogen-bond donors (Lipinski definition) is 1. The predicted octanol–water partition coefficient (Wildman–Crippen LogP) is 3.30. The van der Waals surface area contributed by atoms with Crippen molar-refractivity contribution in [2.45, 2.75) is 12.8 Å². The minimum Gasteiger partial charge on any atom is -0.493 e. The van der Waals surface area contributed by atoms with Gasteiger partial charge >= 0.3 is 0 Å². The van der Waals surface area contributed by atoms with Gasteiger partial charge in [0.15, 0.2) is 0 Å². The smallest absolute Gasteiger partial charge is 0.121 e. The van der Waals surface area contributed by atoms with E-state index in [2.05, 4.69) is 24.3 Å². The third-order valence-corrected chi connectivity index (χ3v) is 2.94. The summed E-state index contributed by atoms with van der Waals surface area (Å²) in [4.78, 5) is 0. The topological polar surface area (TPSA) is 44.5 Å². The summed E-state index contributed by atoms with van der Waals surface area (Å²) < 4.78 is 11.2. The summed E-state index contributed by atoms with van der Waals surface area (Å²) in [6.45, 7) is 2.12. The molecular formula is C17H21NO2. The second kappa shape index (κ2) is 8.23. The maximum atomic E-state index is 5.68. The summed E-state index contributed by atoms with van der Waals surface area (Å²) in [5.74, 6) is 0.814. The lowest BCUT2D eigenvalue weighted by Crippen LogP contribution is -2.05. The number of anilines is 1. The highest BCUT2D eigenvalue weighted by Crippen LogP contribution is 2.14. The van der Waals surface area contributed by atoms with Gasteiger partial charge in [-0.2, -0.15) is 0 Å². The van der Waals surface area contributed by atoms with Crippen LogP contribution in [-0.4, -0.2) is 19.8 Å². The van der Waals surface area contributed by atoms with Crippen molar-refractivity contribution in [1.82, 2.24) is 0 Å². The van der Waals surface area contributed by atoms with E-state index in [1.165, 1.54) is 5.56 Å². The van der Waals surface area contributed by atoms with Crippen LogP contribution in [-0.2, 0) is 11.2 Å². The van der Waals surface area contributed by atoms with E-state index in [1.807, 2.05) is 30.3 Å². The van der Waals surface area contributed by atoms with Crippen LogP contribution in [0.15, 0.2) is 54.6 Å².